The van der Waals surface area contributed by atoms with Crippen molar-refractivity contribution < 1.29 is 9.47 Å². The van der Waals surface area contributed by atoms with E-state index in [0.29, 0.717) is 12.1 Å². The Morgan fingerprint density at radius 1 is 1.18 bits per heavy atom. The molecule has 0 aliphatic carbocycles. The molecule has 2 aliphatic rings. The second kappa shape index (κ2) is 6.17. The molecule has 0 saturated carbocycles. The summed E-state index contributed by atoms with van der Waals surface area (Å²) in [7, 11) is 0. The molecule has 2 unspecified atom stereocenters. The third-order valence-corrected chi connectivity index (χ3v) is 3.87. The van der Waals surface area contributed by atoms with Gasteiger partial charge in [-0.15, -0.1) is 0 Å². The average molecular weight is 241 g/mol. The molecule has 2 saturated heterocycles. The molecule has 3 heteroatoms. The molecule has 0 spiro atoms. The minimum atomic E-state index is 0.0528. The second-order valence-electron chi connectivity index (χ2n) is 6.03. The van der Waals surface area contributed by atoms with Gasteiger partial charge < -0.3 is 14.8 Å². The fourth-order valence-corrected chi connectivity index (χ4v) is 2.89. The third-order valence-electron chi connectivity index (χ3n) is 3.87. The van der Waals surface area contributed by atoms with Crippen LogP contribution < -0.4 is 5.32 Å². The molecule has 17 heavy (non-hydrogen) atoms. The van der Waals surface area contributed by atoms with E-state index in [2.05, 4.69) is 19.2 Å². The number of ether oxygens (including phenoxy) is 2. The lowest BCUT2D eigenvalue weighted by atomic mass is 9.94. The van der Waals surface area contributed by atoms with Gasteiger partial charge in [0.25, 0.3) is 0 Å². The zero-order valence-electron chi connectivity index (χ0n) is 11.3. The fraction of sp³-hybridized carbons (Fsp3) is 1.00. The van der Waals surface area contributed by atoms with Gasteiger partial charge >= 0.3 is 0 Å². The Balaban J connectivity index is 1.61. The Bertz CT molecular complexity index is 224. The highest BCUT2D eigenvalue weighted by molar-refractivity contribution is 4.83. The molecular formula is C14H27NO2. The van der Waals surface area contributed by atoms with E-state index in [0.717, 1.165) is 39.0 Å². The minimum Gasteiger partial charge on any atom is -0.378 e. The molecule has 3 nitrogen and oxygen atoms in total. The molecule has 0 aromatic rings. The summed E-state index contributed by atoms with van der Waals surface area (Å²) in [5.41, 5.74) is 0.0528. The molecule has 2 aliphatic heterocycles. The van der Waals surface area contributed by atoms with E-state index in [1.807, 2.05) is 0 Å². The highest BCUT2D eigenvalue weighted by atomic mass is 16.5. The number of rotatable bonds is 4. The summed E-state index contributed by atoms with van der Waals surface area (Å²) in [6.07, 6.45) is 7.78. The largest absolute Gasteiger partial charge is 0.378 e. The van der Waals surface area contributed by atoms with Gasteiger partial charge in [-0.05, 0) is 58.9 Å². The van der Waals surface area contributed by atoms with Gasteiger partial charge in [-0.2, -0.15) is 0 Å². The van der Waals surface area contributed by atoms with Gasteiger partial charge in [-0.1, -0.05) is 0 Å². The molecule has 2 rings (SSSR count). The first kappa shape index (κ1) is 13.3. The van der Waals surface area contributed by atoms with Gasteiger partial charge in [0.1, 0.15) is 0 Å². The van der Waals surface area contributed by atoms with Crippen molar-refractivity contribution >= 4 is 0 Å². The van der Waals surface area contributed by atoms with Gasteiger partial charge in [0.15, 0.2) is 0 Å². The Morgan fingerprint density at radius 3 is 2.76 bits per heavy atom. The average Bonchev–Trinajstić information content (AvgIpc) is 2.29. The van der Waals surface area contributed by atoms with Crippen LogP contribution in [0.4, 0.5) is 0 Å². The zero-order chi connectivity index (χ0) is 12.1. The lowest BCUT2D eigenvalue weighted by molar-refractivity contribution is -0.0634. The van der Waals surface area contributed by atoms with Crippen LogP contribution in [0.1, 0.15) is 52.4 Å². The summed E-state index contributed by atoms with van der Waals surface area (Å²) in [6.45, 7) is 7.32. The molecule has 0 radical (unpaired) electrons. The summed E-state index contributed by atoms with van der Waals surface area (Å²) in [5, 5.41) is 3.66. The van der Waals surface area contributed by atoms with Crippen molar-refractivity contribution in [3.05, 3.63) is 0 Å². The Morgan fingerprint density at radius 2 is 2.06 bits per heavy atom. The Labute approximate surface area is 105 Å². The summed E-state index contributed by atoms with van der Waals surface area (Å²) in [6, 6.07) is 0.627. The van der Waals surface area contributed by atoms with Crippen molar-refractivity contribution in [1.29, 1.82) is 0 Å². The number of hydrogen-bond acceptors (Lipinski definition) is 3. The van der Waals surface area contributed by atoms with Crippen molar-refractivity contribution in [3.8, 4) is 0 Å². The predicted octanol–water partition coefficient (Wildman–Crippen LogP) is 2.49. The summed E-state index contributed by atoms with van der Waals surface area (Å²) in [5.74, 6) is 0. The van der Waals surface area contributed by atoms with Gasteiger partial charge in [0.05, 0.1) is 11.7 Å². The summed E-state index contributed by atoms with van der Waals surface area (Å²) >= 11 is 0. The van der Waals surface area contributed by atoms with Crippen molar-refractivity contribution in [3.63, 3.8) is 0 Å². The molecular weight excluding hydrogens is 214 g/mol. The molecule has 0 aromatic carbocycles. The second-order valence-corrected chi connectivity index (χ2v) is 6.03. The lowest BCUT2D eigenvalue weighted by Crippen LogP contribution is -2.44. The summed E-state index contributed by atoms with van der Waals surface area (Å²) in [4.78, 5) is 0. The van der Waals surface area contributed by atoms with E-state index in [1.54, 1.807) is 0 Å². The van der Waals surface area contributed by atoms with Gasteiger partial charge in [-0.3, -0.25) is 0 Å². The van der Waals surface area contributed by atoms with Crippen LogP contribution in [0.25, 0.3) is 0 Å². The lowest BCUT2D eigenvalue weighted by Gasteiger charge is -2.36. The quantitative estimate of drug-likeness (QED) is 0.820. The monoisotopic (exact) mass is 241 g/mol. The van der Waals surface area contributed by atoms with E-state index in [1.165, 1.54) is 19.3 Å². The molecule has 0 aromatic heterocycles. The molecule has 0 amide bonds. The molecule has 0 bridgehead atoms. The molecule has 2 atom stereocenters. The van der Waals surface area contributed by atoms with Crippen LogP contribution in [0.5, 0.6) is 0 Å². The van der Waals surface area contributed by atoms with E-state index < -0.39 is 0 Å². The number of hydrogen-bond donors (Lipinski definition) is 1. The van der Waals surface area contributed by atoms with Crippen molar-refractivity contribution in [1.82, 2.24) is 5.32 Å². The maximum Gasteiger partial charge on any atom is 0.0641 e. The Kier molecular flexibility index (Phi) is 4.83. The van der Waals surface area contributed by atoms with E-state index in [9.17, 15) is 0 Å². The predicted molar refractivity (Wildman–Crippen MR) is 69.3 cm³/mol. The molecule has 2 heterocycles. The highest BCUT2D eigenvalue weighted by Crippen LogP contribution is 2.24. The van der Waals surface area contributed by atoms with Crippen LogP contribution in [0.15, 0.2) is 0 Å². The number of nitrogens with one attached hydrogen (secondary N) is 1. The zero-order valence-corrected chi connectivity index (χ0v) is 11.3. The topological polar surface area (TPSA) is 30.5 Å². The summed E-state index contributed by atoms with van der Waals surface area (Å²) < 4.78 is 11.5. The van der Waals surface area contributed by atoms with Crippen molar-refractivity contribution in [2.24, 2.45) is 0 Å². The van der Waals surface area contributed by atoms with Crippen molar-refractivity contribution in [2.45, 2.75) is 70.1 Å². The standard InChI is InChI=1S/C14H27NO2/c1-14(2)11-12(7-10-17-14)15-8-6-13-5-3-4-9-16-13/h12-13,15H,3-11H2,1-2H3. The smallest absolute Gasteiger partial charge is 0.0641 e. The van der Waals surface area contributed by atoms with E-state index in [4.69, 9.17) is 9.47 Å². The minimum absolute atomic E-state index is 0.0528. The van der Waals surface area contributed by atoms with Crippen LogP contribution in [0.2, 0.25) is 0 Å². The first-order valence-corrected chi connectivity index (χ1v) is 7.15. The first-order valence-electron chi connectivity index (χ1n) is 7.15. The van der Waals surface area contributed by atoms with E-state index in [-0.39, 0.29) is 5.60 Å². The van der Waals surface area contributed by atoms with Gasteiger partial charge in [0.2, 0.25) is 0 Å². The van der Waals surface area contributed by atoms with Crippen LogP contribution in [0, 0.1) is 0 Å². The van der Waals surface area contributed by atoms with Gasteiger partial charge in [0, 0.05) is 19.3 Å². The van der Waals surface area contributed by atoms with Crippen LogP contribution in [-0.2, 0) is 9.47 Å². The normalized spacial score (nSPS) is 33.5. The van der Waals surface area contributed by atoms with E-state index >= 15 is 0 Å². The maximum atomic E-state index is 5.74. The van der Waals surface area contributed by atoms with Crippen LogP contribution in [0.3, 0.4) is 0 Å². The van der Waals surface area contributed by atoms with Crippen molar-refractivity contribution in [2.75, 3.05) is 19.8 Å². The van der Waals surface area contributed by atoms with Crippen LogP contribution in [-0.4, -0.2) is 37.5 Å². The fourth-order valence-electron chi connectivity index (χ4n) is 2.89. The highest BCUT2D eigenvalue weighted by Gasteiger charge is 2.28. The SMILES string of the molecule is CC1(C)CC(NCCC2CCCCO2)CCO1. The third kappa shape index (κ3) is 4.57. The van der Waals surface area contributed by atoms with Crippen LogP contribution >= 0.6 is 0 Å². The molecule has 100 valence electrons. The first-order chi connectivity index (χ1) is 8.16. The molecule has 2 fully saturated rings. The Hall–Kier alpha value is -0.120. The molecule has 1 N–H and O–H groups in total. The van der Waals surface area contributed by atoms with Gasteiger partial charge in [-0.25, -0.2) is 0 Å². The maximum absolute atomic E-state index is 5.74.